The largest absolute Gasteiger partial charge is 0.425 e. The number of esters is 1. The highest BCUT2D eigenvalue weighted by Gasteiger charge is 2.67. The number of Topliss-reactive ketones (excluding diaryl/α,β-unsaturated/α-hetero) is 1. The van der Waals surface area contributed by atoms with Gasteiger partial charge in [-0.25, -0.2) is 0 Å². The minimum atomic E-state index is -1.02. The SMILES string of the molecule is CC(C)C(=O)[C@]12C[C@H](c3ccccc3)[C@H]1c1ccccc1OC2=O. The standard InChI is InChI=1S/C21H20O3/c1-13(2)19(22)21-12-16(14-8-4-3-5-9-14)18(21)15-10-6-7-11-17(15)24-20(21)23/h3-11,13,16,18H,12H2,1-2H3/t16-,18-,21+/m1/s1. The Bertz CT molecular complexity index is 809. The van der Waals surface area contributed by atoms with Crippen LogP contribution in [0, 0.1) is 11.3 Å². The second-order valence-corrected chi connectivity index (χ2v) is 7.12. The maximum atomic E-state index is 13.0. The van der Waals surface area contributed by atoms with Gasteiger partial charge in [-0.05, 0) is 24.0 Å². The van der Waals surface area contributed by atoms with Crippen LogP contribution in [0.15, 0.2) is 54.6 Å². The maximum Gasteiger partial charge on any atom is 0.325 e. The topological polar surface area (TPSA) is 43.4 Å². The maximum absolute atomic E-state index is 13.0. The molecule has 2 aliphatic rings. The number of ether oxygens (including phenoxy) is 1. The van der Waals surface area contributed by atoms with Gasteiger partial charge in [-0.2, -0.15) is 0 Å². The third-order valence-electron chi connectivity index (χ3n) is 5.49. The number of para-hydroxylation sites is 1. The number of fused-ring (bicyclic) bond motifs is 3. The molecule has 2 aromatic carbocycles. The molecule has 1 saturated carbocycles. The molecule has 0 saturated heterocycles. The van der Waals surface area contributed by atoms with Gasteiger partial charge in [0.05, 0.1) is 0 Å². The predicted molar refractivity (Wildman–Crippen MR) is 90.9 cm³/mol. The molecule has 0 radical (unpaired) electrons. The Morgan fingerprint density at radius 2 is 1.75 bits per heavy atom. The lowest BCUT2D eigenvalue weighted by molar-refractivity contribution is -0.167. The van der Waals surface area contributed by atoms with Gasteiger partial charge < -0.3 is 4.74 Å². The molecule has 3 atom stereocenters. The van der Waals surface area contributed by atoms with E-state index in [9.17, 15) is 9.59 Å². The average molecular weight is 320 g/mol. The number of carbonyl (C=O) groups is 2. The molecule has 122 valence electrons. The van der Waals surface area contributed by atoms with Crippen LogP contribution in [-0.4, -0.2) is 11.8 Å². The lowest BCUT2D eigenvalue weighted by Gasteiger charge is -2.55. The average Bonchev–Trinajstić information content (AvgIpc) is 2.56. The normalized spacial score (nSPS) is 27.7. The van der Waals surface area contributed by atoms with E-state index >= 15 is 0 Å². The molecule has 0 unspecified atom stereocenters. The first kappa shape index (κ1) is 15.1. The first-order valence-corrected chi connectivity index (χ1v) is 8.46. The molecule has 4 rings (SSSR count). The van der Waals surface area contributed by atoms with E-state index in [2.05, 4.69) is 12.1 Å². The molecule has 0 amide bonds. The summed E-state index contributed by atoms with van der Waals surface area (Å²) in [6.07, 6.45) is 0.534. The van der Waals surface area contributed by atoms with Crippen LogP contribution in [0.3, 0.4) is 0 Å². The van der Waals surface area contributed by atoms with Gasteiger partial charge in [0.25, 0.3) is 0 Å². The van der Waals surface area contributed by atoms with E-state index in [1.807, 2.05) is 56.3 Å². The number of carbonyl (C=O) groups excluding carboxylic acids is 2. The Labute approximate surface area is 141 Å². The summed E-state index contributed by atoms with van der Waals surface area (Å²) in [6.45, 7) is 3.72. The fraction of sp³-hybridized carbons (Fsp3) is 0.333. The van der Waals surface area contributed by atoms with Crippen LogP contribution in [0.25, 0.3) is 0 Å². The van der Waals surface area contributed by atoms with E-state index in [-0.39, 0.29) is 29.5 Å². The smallest absolute Gasteiger partial charge is 0.325 e. The summed E-state index contributed by atoms with van der Waals surface area (Å²) in [5.74, 6) is 0.0637. The molecule has 1 aliphatic heterocycles. The molecular weight excluding hydrogens is 300 g/mol. The number of benzene rings is 2. The molecule has 2 aromatic rings. The summed E-state index contributed by atoms with van der Waals surface area (Å²) in [7, 11) is 0. The molecule has 0 N–H and O–H groups in total. The van der Waals surface area contributed by atoms with E-state index < -0.39 is 5.41 Å². The van der Waals surface area contributed by atoms with Crippen molar-refractivity contribution in [3.8, 4) is 5.75 Å². The van der Waals surface area contributed by atoms with E-state index in [0.29, 0.717) is 12.2 Å². The first-order chi connectivity index (χ1) is 11.6. The summed E-state index contributed by atoms with van der Waals surface area (Å²) in [4.78, 5) is 25.8. The molecule has 1 fully saturated rings. The molecule has 24 heavy (non-hydrogen) atoms. The summed E-state index contributed by atoms with van der Waals surface area (Å²) < 4.78 is 5.56. The Hall–Kier alpha value is -2.42. The molecule has 1 heterocycles. The highest BCUT2D eigenvalue weighted by Crippen LogP contribution is 2.66. The van der Waals surface area contributed by atoms with Crippen molar-refractivity contribution in [3.63, 3.8) is 0 Å². The lowest BCUT2D eigenvalue weighted by atomic mass is 9.46. The van der Waals surface area contributed by atoms with Gasteiger partial charge in [-0.15, -0.1) is 0 Å². The van der Waals surface area contributed by atoms with Crippen molar-refractivity contribution in [1.82, 2.24) is 0 Å². The molecule has 0 spiro atoms. The monoisotopic (exact) mass is 320 g/mol. The fourth-order valence-corrected chi connectivity index (χ4v) is 4.37. The van der Waals surface area contributed by atoms with Crippen molar-refractivity contribution in [2.24, 2.45) is 11.3 Å². The van der Waals surface area contributed by atoms with Gasteiger partial charge >= 0.3 is 5.97 Å². The van der Waals surface area contributed by atoms with Gasteiger partial charge in [0.1, 0.15) is 11.2 Å². The van der Waals surface area contributed by atoms with Crippen LogP contribution >= 0.6 is 0 Å². The van der Waals surface area contributed by atoms with E-state index in [4.69, 9.17) is 4.74 Å². The van der Waals surface area contributed by atoms with Crippen LogP contribution in [-0.2, 0) is 9.59 Å². The van der Waals surface area contributed by atoms with E-state index in [1.54, 1.807) is 0 Å². The number of rotatable bonds is 3. The first-order valence-electron chi connectivity index (χ1n) is 8.46. The Morgan fingerprint density at radius 1 is 1.08 bits per heavy atom. The summed E-state index contributed by atoms with van der Waals surface area (Å²) >= 11 is 0. The van der Waals surface area contributed by atoms with Crippen molar-refractivity contribution in [2.45, 2.75) is 32.1 Å². The Balaban J connectivity index is 1.86. The van der Waals surface area contributed by atoms with Gasteiger partial charge in [-0.3, -0.25) is 9.59 Å². The quantitative estimate of drug-likeness (QED) is 0.486. The van der Waals surface area contributed by atoms with Gasteiger partial charge in [0.2, 0.25) is 0 Å². The van der Waals surface area contributed by atoms with Gasteiger partial charge in [0, 0.05) is 17.4 Å². The molecule has 0 aromatic heterocycles. The zero-order chi connectivity index (χ0) is 16.9. The lowest BCUT2D eigenvalue weighted by Crippen LogP contribution is -2.60. The molecule has 3 nitrogen and oxygen atoms in total. The molecular formula is C21H20O3. The van der Waals surface area contributed by atoms with E-state index in [1.165, 1.54) is 5.56 Å². The van der Waals surface area contributed by atoms with E-state index in [0.717, 1.165) is 5.56 Å². The van der Waals surface area contributed by atoms with Gasteiger partial charge in [-0.1, -0.05) is 62.4 Å². The van der Waals surface area contributed by atoms with Crippen molar-refractivity contribution in [1.29, 1.82) is 0 Å². The molecule has 0 bridgehead atoms. The number of hydrogen-bond acceptors (Lipinski definition) is 3. The fourth-order valence-electron chi connectivity index (χ4n) is 4.37. The summed E-state index contributed by atoms with van der Waals surface area (Å²) in [5.41, 5.74) is 1.13. The van der Waals surface area contributed by atoms with Crippen LogP contribution in [0.4, 0.5) is 0 Å². The summed E-state index contributed by atoms with van der Waals surface area (Å²) in [5, 5.41) is 0. The minimum absolute atomic E-state index is 0.000755. The van der Waals surface area contributed by atoms with Crippen LogP contribution in [0.5, 0.6) is 5.75 Å². The molecule has 1 aliphatic carbocycles. The Kier molecular flexibility index (Phi) is 3.34. The summed E-state index contributed by atoms with van der Waals surface area (Å²) in [6, 6.07) is 17.8. The Morgan fingerprint density at radius 3 is 2.46 bits per heavy atom. The van der Waals surface area contributed by atoms with Crippen molar-refractivity contribution in [2.75, 3.05) is 0 Å². The zero-order valence-electron chi connectivity index (χ0n) is 13.9. The number of hydrogen-bond donors (Lipinski definition) is 0. The third kappa shape index (κ3) is 1.90. The van der Waals surface area contributed by atoms with Crippen LogP contribution < -0.4 is 4.74 Å². The highest BCUT2D eigenvalue weighted by atomic mass is 16.5. The predicted octanol–water partition coefficient (Wildman–Crippen LogP) is 4.09. The second-order valence-electron chi connectivity index (χ2n) is 7.12. The van der Waals surface area contributed by atoms with Crippen molar-refractivity contribution in [3.05, 3.63) is 65.7 Å². The second kappa shape index (κ2) is 5.30. The van der Waals surface area contributed by atoms with Crippen LogP contribution in [0.1, 0.15) is 43.2 Å². The third-order valence-corrected chi connectivity index (χ3v) is 5.49. The zero-order valence-corrected chi connectivity index (χ0v) is 13.9. The number of ketones is 1. The van der Waals surface area contributed by atoms with Gasteiger partial charge in [0.15, 0.2) is 5.78 Å². The molecule has 3 heteroatoms. The van der Waals surface area contributed by atoms with Crippen molar-refractivity contribution < 1.29 is 14.3 Å². The van der Waals surface area contributed by atoms with Crippen molar-refractivity contribution >= 4 is 11.8 Å². The highest BCUT2D eigenvalue weighted by molar-refractivity contribution is 6.09. The van der Waals surface area contributed by atoms with Crippen LogP contribution in [0.2, 0.25) is 0 Å². The minimum Gasteiger partial charge on any atom is -0.425 e.